The number of halogens is 1. The van der Waals surface area contributed by atoms with Crippen molar-refractivity contribution in [3.05, 3.63) is 51.2 Å². The monoisotopic (exact) mass is 459 g/mol. The standard InChI is InChI=1S/C22H22ClN3O4S/c1-2-29-22(28)19-15-5-3-4-6-16(15)31-21(19)24-17(27)11-12-18-25-20(26-30-18)13-7-9-14(23)10-8-13/h7-10H,2-6,11-12H2,1H3,(H,24,27). The molecule has 0 bridgehead atoms. The van der Waals surface area contributed by atoms with E-state index in [9.17, 15) is 9.59 Å². The number of carbonyl (C=O) groups excluding carboxylic acids is 2. The molecule has 0 saturated heterocycles. The van der Waals surface area contributed by atoms with E-state index in [1.54, 1.807) is 31.2 Å². The van der Waals surface area contributed by atoms with E-state index in [-0.39, 0.29) is 18.3 Å². The molecular weight excluding hydrogens is 438 g/mol. The summed E-state index contributed by atoms with van der Waals surface area (Å²) in [5, 5.41) is 8.05. The largest absolute Gasteiger partial charge is 0.462 e. The summed E-state index contributed by atoms with van der Waals surface area (Å²) in [6, 6.07) is 7.11. The average Bonchev–Trinajstić information content (AvgIpc) is 3.37. The molecule has 0 spiro atoms. The molecule has 0 atom stereocenters. The fourth-order valence-electron chi connectivity index (χ4n) is 3.56. The fraction of sp³-hybridized carbons (Fsp3) is 0.364. The number of nitrogens with one attached hydrogen (secondary N) is 1. The normalized spacial score (nSPS) is 13.0. The van der Waals surface area contributed by atoms with Gasteiger partial charge in [-0.25, -0.2) is 4.79 Å². The van der Waals surface area contributed by atoms with Crippen molar-refractivity contribution in [2.75, 3.05) is 11.9 Å². The summed E-state index contributed by atoms with van der Waals surface area (Å²) in [7, 11) is 0. The van der Waals surface area contributed by atoms with E-state index in [0.29, 0.717) is 40.3 Å². The minimum atomic E-state index is -0.373. The third kappa shape index (κ3) is 4.97. The van der Waals surface area contributed by atoms with Gasteiger partial charge in [-0.15, -0.1) is 11.3 Å². The molecule has 31 heavy (non-hydrogen) atoms. The highest BCUT2D eigenvalue weighted by molar-refractivity contribution is 7.17. The Bertz CT molecular complexity index is 1090. The number of aryl methyl sites for hydroxylation is 2. The van der Waals surface area contributed by atoms with Crippen LogP contribution in [0, 0.1) is 0 Å². The van der Waals surface area contributed by atoms with Gasteiger partial charge < -0.3 is 14.6 Å². The predicted molar refractivity (Wildman–Crippen MR) is 119 cm³/mol. The van der Waals surface area contributed by atoms with Crippen LogP contribution in [0.1, 0.15) is 52.9 Å². The number of fused-ring (bicyclic) bond motifs is 1. The molecule has 0 aliphatic heterocycles. The smallest absolute Gasteiger partial charge is 0.341 e. The van der Waals surface area contributed by atoms with Crippen LogP contribution in [0.3, 0.4) is 0 Å². The molecule has 7 nitrogen and oxygen atoms in total. The zero-order valence-electron chi connectivity index (χ0n) is 17.1. The maximum Gasteiger partial charge on any atom is 0.341 e. The molecule has 2 heterocycles. The van der Waals surface area contributed by atoms with Crippen LogP contribution in [0.5, 0.6) is 0 Å². The molecule has 9 heteroatoms. The number of amides is 1. The number of benzene rings is 1. The summed E-state index contributed by atoms with van der Waals surface area (Å²) >= 11 is 7.37. The number of aromatic nitrogens is 2. The second kappa shape index (κ2) is 9.62. The number of anilines is 1. The summed E-state index contributed by atoms with van der Waals surface area (Å²) in [5.41, 5.74) is 2.32. The highest BCUT2D eigenvalue weighted by atomic mass is 35.5. The Balaban J connectivity index is 1.42. The van der Waals surface area contributed by atoms with Crippen LogP contribution in [0.15, 0.2) is 28.8 Å². The van der Waals surface area contributed by atoms with Crippen molar-refractivity contribution >= 4 is 39.8 Å². The summed E-state index contributed by atoms with van der Waals surface area (Å²) in [6.45, 7) is 2.07. The zero-order valence-corrected chi connectivity index (χ0v) is 18.6. The van der Waals surface area contributed by atoms with Crippen LogP contribution < -0.4 is 5.32 Å². The predicted octanol–water partition coefficient (Wildman–Crippen LogP) is 5.08. The second-order valence-corrected chi connectivity index (χ2v) is 8.74. The lowest BCUT2D eigenvalue weighted by Crippen LogP contribution is -2.16. The number of hydrogen-bond acceptors (Lipinski definition) is 7. The number of esters is 1. The summed E-state index contributed by atoms with van der Waals surface area (Å²) in [5.74, 6) is 0.232. The molecule has 1 aromatic carbocycles. The second-order valence-electron chi connectivity index (χ2n) is 7.20. The molecule has 3 aromatic rings. The van der Waals surface area contributed by atoms with E-state index in [1.165, 1.54) is 11.3 Å². The Kier molecular flexibility index (Phi) is 6.67. The van der Waals surface area contributed by atoms with E-state index in [2.05, 4.69) is 15.5 Å². The van der Waals surface area contributed by atoms with Crippen LogP contribution in [-0.2, 0) is 28.8 Å². The highest BCUT2D eigenvalue weighted by Gasteiger charge is 2.27. The van der Waals surface area contributed by atoms with Gasteiger partial charge >= 0.3 is 5.97 Å². The van der Waals surface area contributed by atoms with Crippen LogP contribution in [0.4, 0.5) is 5.00 Å². The van der Waals surface area contributed by atoms with Crippen LogP contribution >= 0.6 is 22.9 Å². The number of carbonyl (C=O) groups is 2. The van der Waals surface area contributed by atoms with Crippen LogP contribution in [-0.4, -0.2) is 28.6 Å². The van der Waals surface area contributed by atoms with Gasteiger partial charge in [0.1, 0.15) is 5.00 Å². The molecule has 1 aliphatic carbocycles. The Labute approximate surface area is 188 Å². The quantitative estimate of drug-likeness (QED) is 0.495. The van der Waals surface area contributed by atoms with Crippen LogP contribution in [0.2, 0.25) is 5.02 Å². The third-order valence-electron chi connectivity index (χ3n) is 5.04. The number of ether oxygens (including phenoxy) is 1. The van der Waals surface area contributed by atoms with Gasteiger partial charge in [0, 0.05) is 28.3 Å². The minimum Gasteiger partial charge on any atom is -0.462 e. The maximum atomic E-state index is 12.6. The summed E-state index contributed by atoms with van der Waals surface area (Å²) in [4.78, 5) is 30.6. The van der Waals surface area contributed by atoms with E-state index >= 15 is 0 Å². The number of thiophene rings is 1. The molecule has 1 amide bonds. The minimum absolute atomic E-state index is 0.160. The Morgan fingerprint density at radius 1 is 1.23 bits per heavy atom. The summed E-state index contributed by atoms with van der Waals surface area (Å²) < 4.78 is 10.5. The molecule has 0 fully saturated rings. The lowest BCUT2D eigenvalue weighted by Gasteiger charge is -2.12. The molecule has 0 saturated carbocycles. The van der Waals surface area contributed by atoms with E-state index in [0.717, 1.165) is 41.7 Å². The van der Waals surface area contributed by atoms with Crippen molar-refractivity contribution in [2.24, 2.45) is 0 Å². The van der Waals surface area contributed by atoms with Crippen molar-refractivity contribution in [1.29, 1.82) is 0 Å². The van der Waals surface area contributed by atoms with Gasteiger partial charge in [-0.1, -0.05) is 16.8 Å². The number of nitrogens with zero attached hydrogens (tertiary/aromatic N) is 2. The average molecular weight is 460 g/mol. The lowest BCUT2D eigenvalue weighted by molar-refractivity contribution is -0.116. The molecule has 4 rings (SSSR count). The molecular formula is C22H22ClN3O4S. The first kappa shape index (κ1) is 21.5. The first-order valence-electron chi connectivity index (χ1n) is 10.2. The van der Waals surface area contributed by atoms with Gasteiger partial charge in [0.15, 0.2) is 0 Å². The first-order valence-corrected chi connectivity index (χ1v) is 11.4. The lowest BCUT2D eigenvalue weighted by atomic mass is 9.95. The van der Waals surface area contributed by atoms with Gasteiger partial charge in [0.05, 0.1) is 12.2 Å². The van der Waals surface area contributed by atoms with Crippen molar-refractivity contribution in [3.63, 3.8) is 0 Å². The topological polar surface area (TPSA) is 94.3 Å². The van der Waals surface area contributed by atoms with E-state index in [1.807, 2.05) is 0 Å². The Hall–Kier alpha value is -2.71. The number of rotatable bonds is 7. The number of hydrogen-bond donors (Lipinski definition) is 1. The Morgan fingerprint density at radius 3 is 2.77 bits per heavy atom. The van der Waals surface area contributed by atoms with Crippen molar-refractivity contribution < 1.29 is 18.8 Å². The van der Waals surface area contributed by atoms with Crippen molar-refractivity contribution in [3.8, 4) is 11.4 Å². The molecule has 2 aromatic heterocycles. The molecule has 0 unspecified atom stereocenters. The maximum absolute atomic E-state index is 12.6. The fourth-order valence-corrected chi connectivity index (χ4v) is 4.97. The molecule has 0 radical (unpaired) electrons. The van der Waals surface area contributed by atoms with Crippen molar-refractivity contribution in [2.45, 2.75) is 45.4 Å². The van der Waals surface area contributed by atoms with E-state index in [4.69, 9.17) is 20.9 Å². The SMILES string of the molecule is CCOC(=O)c1c(NC(=O)CCc2nc(-c3ccc(Cl)cc3)no2)sc2c1CCCC2. The molecule has 1 N–H and O–H groups in total. The van der Waals surface area contributed by atoms with Gasteiger partial charge in [-0.05, 0) is 62.4 Å². The molecule has 162 valence electrons. The van der Waals surface area contributed by atoms with Gasteiger partial charge in [-0.3, -0.25) is 4.79 Å². The van der Waals surface area contributed by atoms with Gasteiger partial charge in [0.2, 0.25) is 17.6 Å². The summed E-state index contributed by atoms with van der Waals surface area (Å²) in [6.07, 6.45) is 4.36. The zero-order chi connectivity index (χ0) is 21.8. The third-order valence-corrected chi connectivity index (χ3v) is 6.50. The Morgan fingerprint density at radius 2 is 2.00 bits per heavy atom. The van der Waals surface area contributed by atoms with Crippen molar-refractivity contribution in [1.82, 2.24) is 10.1 Å². The first-order chi connectivity index (χ1) is 15.0. The molecule has 1 aliphatic rings. The van der Waals surface area contributed by atoms with E-state index < -0.39 is 0 Å². The highest BCUT2D eigenvalue weighted by Crippen LogP contribution is 2.38. The van der Waals surface area contributed by atoms with Gasteiger partial charge in [-0.2, -0.15) is 4.98 Å². The van der Waals surface area contributed by atoms with Gasteiger partial charge in [0.25, 0.3) is 0 Å². The van der Waals surface area contributed by atoms with Crippen LogP contribution in [0.25, 0.3) is 11.4 Å².